The molecule has 1 unspecified atom stereocenters. The predicted octanol–water partition coefficient (Wildman–Crippen LogP) is 4.00. The van der Waals surface area contributed by atoms with Crippen molar-refractivity contribution in [3.05, 3.63) is 59.2 Å². The van der Waals surface area contributed by atoms with Gasteiger partial charge in [-0.15, -0.1) is 0 Å². The number of hydrogen-bond donors (Lipinski definition) is 0. The molecule has 0 heterocycles. The van der Waals surface area contributed by atoms with E-state index in [0.29, 0.717) is 0 Å². The summed E-state index contributed by atoms with van der Waals surface area (Å²) >= 11 is 0. The van der Waals surface area contributed by atoms with E-state index in [1.54, 1.807) is 11.1 Å². The Hall–Kier alpha value is -1.13. The van der Waals surface area contributed by atoms with Crippen molar-refractivity contribution in [2.24, 2.45) is 0 Å². The normalized spacial score (nSPS) is 11.3. The van der Waals surface area contributed by atoms with Crippen molar-refractivity contribution in [1.82, 2.24) is 0 Å². The van der Waals surface area contributed by atoms with Gasteiger partial charge in [-0.3, -0.25) is 0 Å². The first-order chi connectivity index (χ1) is 9.30. The van der Waals surface area contributed by atoms with Gasteiger partial charge in [-0.05, 0) is 46.6 Å². The fraction of sp³-hybridized carbons (Fsp3) is 0.333. The molecule has 0 N–H and O–H groups in total. The summed E-state index contributed by atoms with van der Waals surface area (Å²) in [4.78, 5) is 0. The Balaban J connectivity index is 2.40. The molecule has 0 aromatic heterocycles. The lowest BCUT2D eigenvalue weighted by Gasteiger charge is -2.16. The van der Waals surface area contributed by atoms with Crippen molar-refractivity contribution < 1.29 is 0 Å². The van der Waals surface area contributed by atoms with Gasteiger partial charge in [0, 0.05) is 0 Å². The second kappa shape index (κ2) is 6.87. The molecule has 2 rings (SSSR count). The SMILES string of the molecule is CCc1ccc(Pc2ccccc2)c(CC)c1CC. The van der Waals surface area contributed by atoms with Gasteiger partial charge in [-0.2, -0.15) is 0 Å². The lowest BCUT2D eigenvalue weighted by molar-refractivity contribution is 0.989. The average molecular weight is 270 g/mol. The van der Waals surface area contributed by atoms with Crippen LogP contribution >= 0.6 is 8.58 Å². The minimum absolute atomic E-state index is 0.780. The van der Waals surface area contributed by atoms with Gasteiger partial charge < -0.3 is 0 Å². The lowest BCUT2D eigenvalue weighted by Crippen LogP contribution is -2.13. The number of rotatable bonds is 5. The molecule has 0 aliphatic heterocycles. The molecule has 0 amide bonds. The number of aryl methyl sites for hydroxylation is 1. The van der Waals surface area contributed by atoms with Gasteiger partial charge in [0.05, 0.1) is 0 Å². The molecule has 0 nitrogen and oxygen atoms in total. The molecule has 1 heteroatoms. The summed E-state index contributed by atoms with van der Waals surface area (Å²) in [6.45, 7) is 6.82. The van der Waals surface area contributed by atoms with E-state index in [-0.39, 0.29) is 0 Å². The smallest absolute Gasteiger partial charge is 0.0191 e. The second-order valence-corrected chi connectivity index (χ2v) is 6.15. The summed E-state index contributed by atoms with van der Waals surface area (Å²) in [5.74, 6) is 0. The van der Waals surface area contributed by atoms with E-state index in [9.17, 15) is 0 Å². The number of benzene rings is 2. The predicted molar refractivity (Wildman–Crippen MR) is 88.6 cm³/mol. The summed E-state index contributed by atoms with van der Waals surface area (Å²) in [5.41, 5.74) is 4.70. The Kier molecular flexibility index (Phi) is 5.16. The molecule has 0 fully saturated rings. The van der Waals surface area contributed by atoms with E-state index in [0.717, 1.165) is 27.8 Å². The summed E-state index contributed by atoms with van der Waals surface area (Å²) in [6.07, 6.45) is 3.44. The zero-order valence-electron chi connectivity index (χ0n) is 12.2. The highest BCUT2D eigenvalue weighted by Gasteiger charge is 2.10. The van der Waals surface area contributed by atoms with Crippen LogP contribution in [0.15, 0.2) is 42.5 Å². The molecule has 1 atom stereocenters. The van der Waals surface area contributed by atoms with Gasteiger partial charge in [-0.1, -0.05) is 71.8 Å². The lowest BCUT2D eigenvalue weighted by atomic mass is 9.96. The highest BCUT2D eigenvalue weighted by atomic mass is 31.1. The first-order valence-electron chi connectivity index (χ1n) is 7.25. The maximum Gasteiger partial charge on any atom is -0.0191 e. The molecular weight excluding hydrogens is 247 g/mol. The molecule has 2 aromatic carbocycles. The van der Waals surface area contributed by atoms with Gasteiger partial charge in [0.1, 0.15) is 0 Å². The van der Waals surface area contributed by atoms with Crippen molar-refractivity contribution in [3.8, 4) is 0 Å². The Labute approximate surface area is 119 Å². The molecular formula is C18H23P. The summed E-state index contributed by atoms with van der Waals surface area (Å²) in [7, 11) is 0.780. The van der Waals surface area contributed by atoms with Crippen molar-refractivity contribution in [1.29, 1.82) is 0 Å². The largest absolute Gasteiger partial charge is 0.0622 e. The van der Waals surface area contributed by atoms with Crippen LogP contribution in [-0.4, -0.2) is 0 Å². The third-order valence-electron chi connectivity index (χ3n) is 3.67. The third-order valence-corrected chi connectivity index (χ3v) is 5.03. The highest BCUT2D eigenvalue weighted by Crippen LogP contribution is 2.22. The average Bonchev–Trinajstić information content (AvgIpc) is 2.47. The van der Waals surface area contributed by atoms with Gasteiger partial charge in [0.2, 0.25) is 0 Å². The first kappa shape index (κ1) is 14.3. The second-order valence-electron chi connectivity index (χ2n) is 4.78. The molecule has 0 aliphatic carbocycles. The molecule has 0 bridgehead atoms. The maximum atomic E-state index is 2.35. The zero-order valence-corrected chi connectivity index (χ0v) is 13.2. The quantitative estimate of drug-likeness (QED) is 0.720. The maximum absolute atomic E-state index is 2.35. The molecule has 0 saturated heterocycles. The first-order valence-corrected chi connectivity index (χ1v) is 8.25. The van der Waals surface area contributed by atoms with Crippen molar-refractivity contribution >= 4 is 19.2 Å². The summed E-state index contributed by atoms with van der Waals surface area (Å²) in [6, 6.07) is 15.5. The molecule has 0 spiro atoms. The van der Waals surface area contributed by atoms with Crippen LogP contribution in [0.3, 0.4) is 0 Å². The molecule has 19 heavy (non-hydrogen) atoms. The topological polar surface area (TPSA) is 0 Å². The van der Waals surface area contributed by atoms with E-state index in [1.165, 1.54) is 16.2 Å². The molecule has 2 aromatic rings. The van der Waals surface area contributed by atoms with E-state index in [1.807, 2.05) is 0 Å². The highest BCUT2D eigenvalue weighted by molar-refractivity contribution is 7.55. The van der Waals surface area contributed by atoms with Gasteiger partial charge in [-0.25, -0.2) is 0 Å². The van der Waals surface area contributed by atoms with Gasteiger partial charge in [0.25, 0.3) is 0 Å². The summed E-state index contributed by atoms with van der Waals surface area (Å²) < 4.78 is 0. The zero-order chi connectivity index (χ0) is 13.7. The molecule has 100 valence electrons. The Morgan fingerprint density at radius 1 is 0.737 bits per heavy atom. The molecule has 0 aliphatic rings. The van der Waals surface area contributed by atoms with Crippen LogP contribution in [-0.2, 0) is 19.3 Å². The Morgan fingerprint density at radius 2 is 1.42 bits per heavy atom. The van der Waals surface area contributed by atoms with Crippen LogP contribution in [0, 0.1) is 0 Å². The van der Waals surface area contributed by atoms with Crippen LogP contribution in [0.4, 0.5) is 0 Å². The summed E-state index contributed by atoms with van der Waals surface area (Å²) in [5, 5.41) is 2.96. The number of hydrogen-bond acceptors (Lipinski definition) is 0. The van der Waals surface area contributed by atoms with Crippen LogP contribution in [0.5, 0.6) is 0 Å². The molecule has 0 radical (unpaired) electrons. The van der Waals surface area contributed by atoms with Crippen LogP contribution in [0.1, 0.15) is 37.5 Å². The van der Waals surface area contributed by atoms with E-state index < -0.39 is 0 Å². The van der Waals surface area contributed by atoms with E-state index in [2.05, 4.69) is 63.2 Å². The third kappa shape index (κ3) is 3.25. The van der Waals surface area contributed by atoms with Crippen LogP contribution in [0.25, 0.3) is 0 Å². The van der Waals surface area contributed by atoms with E-state index >= 15 is 0 Å². The van der Waals surface area contributed by atoms with E-state index in [4.69, 9.17) is 0 Å². The monoisotopic (exact) mass is 270 g/mol. The minimum atomic E-state index is 0.780. The minimum Gasteiger partial charge on any atom is -0.0622 e. The van der Waals surface area contributed by atoms with Gasteiger partial charge >= 0.3 is 0 Å². The Bertz CT molecular complexity index is 529. The molecule has 0 saturated carbocycles. The fourth-order valence-electron chi connectivity index (χ4n) is 2.71. The van der Waals surface area contributed by atoms with Crippen molar-refractivity contribution in [2.45, 2.75) is 40.0 Å². The standard InChI is InChI=1S/C18H23P/c1-4-14-12-13-18(17(6-3)16(14)5-2)19-15-10-8-7-9-11-15/h7-13,19H,4-6H2,1-3H3. The van der Waals surface area contributed by atoms with Crippen LogP contribution < -0.4 is 10.6 Å². The van der Waals surface area contributed by atoms with Crippen molar-refractivity contribution in [3.63, 3.8) is 0 Å². The fourth-order valence-corrected chi connectivity index (χ4v) is 4.03. The van der Waals surface area contributed by atoms with Gasteiger partial charge in [0.15, 0.2) is 0 Å². The Morgan fingerprint density at radius 3 is 2.00 bits per heavy atom. The van der Waals surface area contributed by atoms with Crippen molar-refractivity contribution in [2.75, 3.05) is 0 Å². The van der Waals surface area contributed by atoms with Crippen LogP contribution in [0.2, 0.25) is 0 Å².